The van der Waals surface area contributed by atoms with Gasteiger partial charge in [-0.25, -0.2) is 4.98 Å². The zero-order valence-electron chi connectivity index (χ0n) is 10.4. The van der Waals surface area contributed by atoms with Gasteiger partial charge < -0.3 is 10.6 Å². The highest BCUT2D eigenvalue weighted by Crippen LogP contribution is 2.30. The van der Waals surface area contributed by atoms with E-state index in [2.05, 4.69) is 18.8 Å². The van der Waals surface area contributed by atoms with E-state index in [4.69, 9.17) is 5.73 Å². The first-order valence-corrected chi connectivity index (χ1v) is 5.99. The Morgan fingerprint density at radius 1 is 1.41 bits per heavy atom. The number of hydrogen-bond donors (Lipinski definition) is 1. The molecule has 1 amide bonds. The summed E-state index contributed by atoms with van der Waals surface area (Å²) in [7, 11) is 0. The molecule has 1 aliphatic rings. The lowest BCUT2D eigenvalue weighted by atomic mass is 9.82. The third kappa shape index (κ3) is 2.57. The van der Waals surface area contributed by atoms with Gasteiger partial charge in [0.15, 0.2) is 0 Å². The van der Waals surface area contributed by atoms with Crippen molar-refractivity contribution in [3.63, 3.8) is 0 Å². The van der Waals surface area contributed by atoms with E-state index in [1.807, 2.05) is 4.90 Å². The fourth-order valence-electron chi connectivity index (χ4n) is 2.08. The second-order valence-corrected chi connectivity index (χ2v) is 5.39. The largest absolute Gasteiger partial charge is 0.383 e. The van der Waals surface area contributed by atoms with Crippen molar-refractivity contribution < 1.29 is 4.79 Å². The lowest BCUT2D eigenvalue weighted by molar-refractivity contribution is 0.0631. The van der Waals surface area contributed by atoms with Crippen molar-refractivity contribution in [2.45, 2.75) is 26.7 Å². The third-order valence-corrected chi connectivity index (χ3v) is 3.47. The van der Waals surface area contributed by atoms with Crippen LogP contribution in [0.1, 0.15) is 37.0 Å². The lowest BCUT2D eigenvalue weighted by Crippen LogP contribution is -2.41. The Balaban J connectivity index is 2.10. The molecule has 2 heterocycles. The molecule has 1 aliphatic heterocycles. The average molecular weight is 233 g/mol. The van der Waals surface area contributed by atoms with Gasteiger partial charge in [-0.2, -0.15) is 0 Å². The molecule has 0 spiro atoms. The van der Waals surface area contributed by atoms with E-state index in [1.54, 1.807) is 18.3 Å². The van der Waals surface area contributed by atoms with Crippen LogP contribution in [-0.4, -0.2) is 28.9 Å². The van der Waals surface area contributed by atoms with Crippen LogP contribution in [-0.2, 0) is 0 Å². The first-order chi connectivity index (χ1) is 7.99. The molecule has 4 heteroatoms. The summed E-state index contributed by atoms with van der Waals surface area (Å²) in [5.74, 6) is 0.327. The Bertz CT molecular complexity index is 418. The van der Waals surface area contributed by atoms with Gasteiger partial charge in [0.1, 0.15) is 5.82 Å². The minimum Gasteiger partial charge on any atom is -0.383 e. The van der Waals surface area contributed by atoms with Gasteiger partial charge in [0.25, 0.3) is 5.91 Å². The van der Waals surface area contributed by atoms with E-state index < -0.39 is 0 Å². The molecule has 0 atom stereocenters. The predicted octanol–water partition coefficient (Wildman–Crippen LogP) is 1.93. The molecule has 2 rings (SSSR count). The number of amides is 1. The maximum absolute atomic E-state index is 12.2. The molecule has 1 aromatic heterocycles. The molecular formula is C13H19N3O. The summed E-state index contributed by atoms with van der Waals surface area (Å²) >= 11 is 0. The van der Waals surface area contributed by atoms with Gasteiger partial charge in [-0.15, -0.1) is 0 Å². The molecule has 1 aromatic rings. The van der Waals surface area contributed by atoms with Crippen LogP contribution in [0.15, 0.2) is 18.3 Å². The molecule has 0 unspecified atom stereocenters. The Morgan fingerprint density at radius 3 is 2.65 bits per heavy atom. The average Bonchev–Trinajstić information content (AvgIpc) is 2.29. The summed E-state index contributed by atoms with van der Waals surface area (Å²) < 4.78 is 0. The normalized spacial score (nSPS) is 19.1. The molecule has 0 radical (unpaired) electrons. The fourth-order valence-corrected chi connectivity index (χ4v) is 2.08. The first kappa shape index (κ1) is 11.9. The summed E-state index contributed by atoms with van der Waals surface area (Å²) in [6, 6.07) is 3.49. The van der Waals surface area contributed by atoms with Crippen LogP contribution in [0.2, 0.25) is 0 Å². The number of nitrogens with zero attached hydrogens (tertiary/aromatic N) is 2. The summed E-state index contributed by atoms with van der Waals surface area (Å²) in [4.78, 5) is 18.1. The van der Waals surface area contributed by atoms with Crippen molar-refractivity contribution in [3.05, 3.63) is 23.9 Å². The number of nitrogens with two attached hydrogens (primary N) is 1. The van der Waals surface area contributed by atoms with E-state index >= 15 is 0 Å². The minimum atomic E-state index is 0.00565. The van der Waals surface area contributed by atoms with E-state index in [0.717, 1.165) is 25.9 Å². The minimum absolute atomic E-state index is 0.00565. The van der Waals surface area contributed by atoms with Crippen LogP contribution < -0.4 is 5.73 Å². The summed E-state index contributed by atoms with van der Waals surface area (Å²) in [6.45, 7) is 6.10. The fraction of sp³-hybridized carbons (Fsp3) is 0.538. The maximum atomic E-state index is 12.2. The van der Waals surface area contributed by atoms with Crippen LogP contribution in [0.3, 0.4) is 0 Å². The Kier molecular flexibility index (Phi) is 3.05. The Hall–Kier alpha value is -1.58. The number of nitrogen functional groups attached to an aromatic ring is 1. The van der Waals surface area contributed by atoms with Crippen molar-refractivity contribution in [2.24, 2.45) is 5.41 Å². The number of anilines is 1. The summed E-state index contributed by atoms with van der Waals surface area (Å²) in [5.41, 5.74) is 6.59. The molecular weight excluding hydrogens is 214 g/mol. The lowest BCUT2D eigenvalue weighted by Gasteiger charge is -2.37. The van der Waals surface area contributed by atoms with Gasteiger partial charge >= 0.3 is 0 Å². The Labute approximate surface area is 102 Å². The number of rotatable bonds is 1. The number of hydrogen-bond acceptors (Lipinski definition) is 3. The zero-order chi connectivity index (χ0) is 12.5. The molecule has 1 saturated heterocycles. The number of aromatic nitrogens is 1. The van der Waals surface area contributed by atoms with Crippen LogP contribution in [0.25, 0.3) is 0 Å². The number of pyridine rings is 1. The smallest absolute Gasteiger partial charge is 0.257 e. The highest BCUT2D eigenvalue weighted by Gasteiger charge is 2.28. The zero-order valence-corrected chi connectivity index (χ0v) is 10.4. The van der Waals surface area contributed by atoms with Crippen LogP contribution in [0.5, 0.6) is 0 Å². The molecule has 0 bridgehead atoms. The van der Waals surface area contributed by atoms with Gasteiger partial charge in [0.05, 0.1) is 5.56 Å². The van der Waals surface area contributed by atoms with Crippen molar-refractivity contribution in [3.8, 4) is 0 Å². The molecule has 2 N–H and O–H groups in total. The number of carbonyl (C=O) groups excluding carboxylic acids is 1. The first-order valence-electron chi connectivity index (χ1n) is 5.99. The molecule has 0 aliphatic carbocycles. The standard InChI is InChI=1S/C13H19N3O/c1-13(2)5-8-16(9-6-13)12(17)10-4-3-7-15-11(10)14/h3-4,7H,5-6,8-9H2,1-2H3,(H2,14,15). The molecule has 92 valence electrons. The number of piperidine rings is 1. The predicted molar refractivity (Wildman–Crippen MR) is 67.6 cm³/mol. The van der Waals surface area contributed by atoms with E-state index in [9.17, 15) is 4.79 Å². The van der Waals surface area contributed by atoms with Gasteiger partial charge in [0, 0.05) is 19.3 Å². The SMILES string of the molecule is CC1(C)CCN(C(=O)c2cccnc2N)CC1. The van der Waals surface area contributed by atoms with Crippen LogP contribution >= 0.6 is 0 Å². The van der Waals surface area contributed by atoms with E-state index in [0.29, 0.717) is 16.8 Å². The quantitative estimate of drug-likeness (QED) is 0.806. The molecule has 4 nitrogen and oxygen atoms in total. The number of carbonyl (C=O) groups is 1. The van der Waals surface area contributed by atoms with Crippen molar-refractivity contribution in [1.29, 1.82) is 0 Å². The second kappa shape index (κ2) is 4.35. The van der Waals surface area contributed by atoms with Gasteiger partial charge in [-0.3, -0.25) is 4.79 Å². The maximum Gasteiger partial charge on any atom is 0.257 e. The molecule has 1 fully saturated rings. The second-order valence-electron chi connectivity index (χ2n) is 5.39. The van der Waals surface area contributed by atoms with Crippen LogP contribution in [0.4, 0.5) is 5.82 Å². The number of likely N-dealkylation sites (tertiary alicyclic amines) is 1. The van der Waals surface area contributed by atoms with Crippen molar-refractivity contribution in [2.75, 3.05) is 18.8 Å². The molecule has 0 saturated carbocycles. The molecule has 0 aromatic carbocycles. The van der Waals surface area contributed by atoms with Gasteiger partial charge in [0.2, 0.25) is 0 Å². The third-order valence-electron chi connectivity index (χ3n) is 3.47. The summed E-state index contributed by atoms with van der Waals surface area (Å²) in [6.07, 6.45) is 3.68. The highest BCUT2D eigenvalue weighted by atomic mass is 16.2. The van der Waals surface area contributed by atoms with Gasteiger partial charge in [-0.05, 0) is 30.4 Å². The van der Waals surface area contributed by atoms with Crippen molar-refractivity contribution in [1.82, 2.24) is 9.88 Å². The van der Waals surface area contributed by atoms with E-state index in [1.165, 1.54) is 0 Å². The topological polar surface area (TPSA) is 59.2 Å². The van der Waals surface area contributed by atoms with Crippen LogP contribution in [0, 0.1) is 5.41 Å². The monoisotopic (exact) mass is 233 g/mol. The summed E-state index contributed by atoms with van der Waals surface area (Å²) in [5, 5.41) is 0. The Morgan fingerprint density at radius 2 is 2.06 bits per heavy atom. The van der Waals surface area contributed by atoms with E-state index in [-0.39, 0.29) is 5.91 Å². The van der Waals surface area contributed by atoms with Crippen molar-refractivity contribution >= 4 is 11.7 Å². The highest BCUT2D eigenvalue weighted by molar-refractivity contribution is 5.98. The van der Waals surface area contributed by atoms with Gasteiger partial charge in [-0.1, -0.05) is 13.8 Å². The molecule has 17 heavy (non-hydrogen) atoms.